The van der Waals surface area contributed by atoms with Crippen LogP contribution in [0, 0.1) is 0 Å². The van der Waals surface area contributed by atoms with Crippen molar-refractivity contribution >= 4 is 11.5 Å². The van der Waals surface area contributed by atoms with Gasteiger partial charge in [-0.25, -0.2) is 0 Å². The summed E-state index contributed by atoms with van der Waals surface area (Å²) in [5.41, 5.74) is 13.1. The Hall–Kier alpha value is -1.23. The average Bonchev–Trinajstić information content (AvgIpc) is 2.50. The highest BCUT2D eigenvalue weighted by molar-refractivity contribution is 5.61. The lowest BCUT2D eigenvalue weighted by Crippen LogP contribution is -2.05. The Morgan fingerprint density at radius 2 is 2.00 bits per heavy atom. The van der Waals surface area contributed by atoms with Gasteiger partial charge in [-0.1, -0.05) is 6.92 Å². The topological polar surface area (TPSA) is 90.1 Å². The second-order valence-corrected chi connectivity index (χ2v) is 3.61. The van der Waals surface area contributed by atoms with Crippen LogP contribution in [0.4, 0.5) is 11.5 Å². The van der Waals surface area contributed by atoms with Gasteiger partial charge in [-0.2, -0.15) is 5.10 Å². The van der Waals surface area contributed by atoms with Crippen LogP contribution in [-0.4, -0.2) is 21.5 Å². The molecule has 0 atom stereocenters. The molecule has 0 aliphatic rings. The highest BCUT2D eigenvalue weighted by atomic mass is 16.2. The summed E-state index contributed by atoms with van der Waals surface area (Å²) in [4.78, 5) is 0. The number of anilines is 2. The van der Waals surface area contributed by atoms with Crippen LogP contribution >= 0.6 is 0 Å². The molecule has 0 saturated carbocycles. The maximum absolute atomic E-state index is 8.65. The Morgan fingerprint density at radius 1 is 1.27 bits per heavy atom. The summed E-state index contributed by atoms with van der Waals surface area (Å²) in [6, 6.07) is 0. The van der Waals surface area contributed by atoms with E-state index in [0.717, 1.165) is 37.9 Å². The number of aliphatic hydroxyl groups excluding tert-OH is 1. The minimum Gasteiger partial charge on any atom is -0.396 e. The third-order valence-corrected chi connectivity index (χ3v) is 2.49. The number of hydrogen-bond donors (Lipinski definition) is 3. The van der Waals surface area contributed by atoms with Crippen LogP contribution in [0.3, 0.4) is 0 Å². The van der Waals surface area contributed by atoms with E-state index in [1.54, 1.807) is 0 Å². The van der Waals surface area contributed by atoms with Gasteiger partial charge in [-0.15, -0.1) is 0 Å². The van der Waals surface area contributed by atoms with E-state index in [2.05, 4.69) is 5.10 Å². The smallest absolute Gasteiger partial charge is 0.169 e. The highest BCUT2D eigenvalue weighted by Crippen LogP contribution is 2.19. The molecule has 0 unspecified atom stereocenters. The fourth-order valence-electron chi connectivity index (χ4n) is 1.64. The van der Waals surface area contributed by atoms with Gasteiger partial charge in [0.1, 0.15) is 0 Å². The molecule has 0 amide bonds. The van der Waals surface area contributed by atoms with Crippen LogP contribution in [0.25, 0.3) is 0 Å². The van der Waals surface area contributed by atoms with Gasteiger partial charge >= 0.3 is 0 Å². The number of nitrogens with two attached hydrogens (primary N) is 2. The first kappa shape index (κ1) is 11.8. The van der Waals surface area contributed by atoms with Crippen molar-refractivity contribution in [1.29, 1.82) is 0 Å². The summed E-state index contributed by atoms with van der Waals surface area (Å²) < 4.78 is 1.88. The molecule has 15 heavy (non-hydrogen) atoms. The molecule has 0 aliphatic carbocycles. The second-order valence-electron chi connectivity index (χ2n) is 3.61. The first-order valence-corrected chi connectivity index (χ1v) is 5.42. The summed E-state index contributed by atoms with van der Waals surface area (Å²) in [7, 11) is 0. The van der Waals surface area contributed by atoms with E-state index in [4.69, 9.17) is 16.6 Å². The summed E-state index contributed by atoms with van der Waals surface area (Å²) in [6.07, 6.45) is 3.68. The number of aromatic nitrogens is 2. The zero-order chi connectivity index (χ0) is 11.3. The van der Waals surface area contributed by atoms with Gasteiger partial charge in [0.25, 0.3) is 0 Å². The normalized spacial score (nSPS) is 10.8. The Bertz CT molecular complexity index is 309. The Balaban J connectivity index is 2.56. The first-order chi connectivity index (χ1) is 7.20. The number of aliphatic hydroxyl groups is 1. The molecule has 5 heteroatoms. The van der Waals surface area contributed by atoms with Crippen molar-refractivity contribution in [2.24, 2.45) is 0 Å². The quantitative estimate of drug-likeness (QED) is 0.608. The van der Waals surface area contributed by atoms with E-state index in [-0.39, 0.29) is 6.61 Å². The highest BCUT2D eigenvalue weighted by Gasteiger charge is 2.10. The predicted octanol–water partition coefficient (Wildman–Crippen LogP) is 0.772. The lowest BCUT2D eigenvalue weighted by Gasteiger charge is -2.05. The standard InChI is InChI=1S/C10H20N4O/c1-2-8-9(11)10(12)13-14(8)6-4-3-5-7-15/h15H,2-7,11H2,1H3,(H2,12,13). The van der Waals surface area contributed by atoms with Gasteiger partial charge in [0.2, 0.25) is 0 Å². The zero-order valence-corrected chi connectivity index (χ0v) is 9.24. The van der Waals surface area contributed by atoms with E-state index in [0.29, 0.717) is 11.5 Å². The third kappa shape index (κ3) is 2.86. The van der Waals surface area contributed by atoms with E-state index in [9.17, 15) is 0 Å². The van der Waals surface area contributed by atoms with Crippen LogP contribution in [0.2, 0.25) is 0 Å². The number of hydrogen-bond acceptors (Lipinski definition) is 4. The fourth-order valence-corrected chi connectivity index (χ4v) is 1.64. The van der Waals surface area contributed by atoms with Crippen molar-refractivity contribution in [2.75, 3.05) is 18.1 Å². The minimum atomic E-state index is 0.254. The van der Waals surface area contributed by atoms with Crippen LogP contribution < -0.4 is 11.5 Å². The van der Waals surface area contributed by atoms with Crippen molar-refractivity contribution in [3.63, 3.8) is 0 Å². The molecule has 0 bridgehead atoms. The van der Waals surface area contributed by atoms with Crippen molar-refractivity contribution in [3.8, 4) is 0 Å². The van der Waals surface area contributed by atoms with Crippen LogP contribution in [0.15, 0.2) is 0 Å². The molecule has 0 radical (unpaired) electrons. The molecule has 1 aromatic heterocycles. The summed E-state index contributed by atoms with van der Waals surface area (Å²) >= 11 is 0. The van der Waals surface area contributed by atoms with Crippen LogP contribution in [0.5, 0.6) is 0 Å². The zero-order valence-electron chi connectivity index (χ0n) is 9.24. The van der Waals surface area contributed by atoms with E-state index in [1.165, 1.54) is 0 Å². The van der Waals surface area contributed by atoms with Gasteiger partial charge in [-0.3, -0.25) is 4.68 Å². The molecular weight excluding hydrogens is 192 g/mol. The van der Waals surface area contributed by atoms with Gasteiger partial charge in [0.05, 0.1) is 11.4 Å². The molecule has 0 spiro atoms. The molecular formula is C10H20N4O. The molecule has 1 heterocycles. The number of rotatable bonds is 6. The first-order valence-electron chi connectivity index (χ1n) is 5.42. The summed E-state index contributed by atoms with van der Waals surface area (Å²) in [5, 5.41) is 12.8. The number of aryl methyl sites for hydroxylation is 1. The Labute approximate surface area is 90.1 Å². The summed E-state index contributed by atoms with van der Waals surface area (Å²) in [5.74, 6) is 0.425. The van der Waals surface area contributed by atoms with Crippen LogP contribution in [0.1, 0.15) is 31.9 Å². The maximum atomic E-state index is 8.65. The van der Waals surface area contributed by atoms with E-state index >= 15 is 0 Å². The molecule has 0 aromatic carbocycles. The van der Waals surface area contributed by atoms with Crippen molar-refractivity contribution < 1.29 is 5.11 Å². The lowest BCUT2D eigenvalue weighted by atomic mass is 10.2. The molecule has 0 aliphatic heterocycles. The number of nitrogen functional groups attached to an aromatic ring is 2. The minimum absolute atomic E-state index is 0.254. The van der Waals surface area contributed by atoms with Crippen molar-refractivity contribution in [3.05, 3.63) is 5.69 Å². The van der Waals surface area contributed by atoms with Gasteiger partial charge in [0, 0.05) is 13.2 Å². The van der Waals surface area contributed by atoms with Crippen molar-refractivity contribution in [2.45, 2.75) is 39.2 Å². The molecule has 5 N–H and O–H groups in total. The largest absolute Gasteiger partial charge is 0.396 e. The second kappa shape index (κ2) is 5.60. The van der Waals surface area contributed by atoms with Crippen molar-refractivity contribution in [1.82, 2.24) is 9.78 Å². The fraction of sp³-hybridized carbons (Fsp3) is 0.700. The molecule has 0 fully saturated rings. The van der Waals surface area contributed by atoms with Gasteiger partial charge in [0.15, 0.2) is 5.82 Å². The summed E-state index contributed by atoms with van der Waals surface area (Å²) in [6.45, 7) is 3.12. The lowest BCUT2D eigenvalue weighted by molar-refractivity contribution is 0.281. The van der Waals surface area contributed by atoms with Gasteiger partial charge in [-0.05, 0) is 25.7 Å². The monoisotopic (exact) mass is 212 g/mol. The van der Waals surface area contributed by atoms with E-state index < -0.39 is 0 Å². The Kier molecular flexibility index (Phi) is 4.42. The maximum Gasteiger partial charge on any atom is 0.169 e. The molecule has 5 nitrogen and oxygen atoms in total. The third-order valence-electron chi connectivity index (χ3n) is 2.49. The average molecular weight is 212 g/mol. The number of nitrogens with zero attached hydrogens (tertiary/aromatic N) is 2. The van der Waals surface area contributed by atoms with E-state index in [1.807, 2.05) is 11.6 Å². The number of unbranched alkanes of at least 4 members (excludes halogenated alkanes) is 2. The predicted molar refractivity (Wildman–Crippen MR) is 61.4 cm³/mol. The van der Waals surface area contributed by atoms with Crippen LogP contribution in [-0.2, 0) is 13.0 Å². The molecule has 1 aromatic rings. The molecule has 0 saturated heterocycles. The SMILES string of the molecule is CCc1c(N)c(N)nn1CCCCCO. The van der Waals surface area contributed by atoms with Gasteiger partial charge < -0.3 is 16.6 Å². The molecule has 1 rings (SSSR count). The molecule has 86 valence electrons. The Morgan fingerprint density at radius 3 is 2.60 bits per heavy atom.